The van der Waals surface area contributed by atoms with E-state index in [1.165, 1.54) is 5.56 Å². The molecule has 0 aliphatic rings. The number of rotatable bonds is 5. The summed E-state index contributed by atoms with van der Waals surface area (Å²) in [5.74, 6) is 2.25. The molecule has 2 aromatic rings. The number of ketones is 1. The highest BCUT2D eigenvalue weighted by Gasteiger charge is 2.07. The van der Waals surface area contributed by atoms with Crippen LogP contribution in [0.15, 0.2) is 42.5 Å². The summed E-state index contributed by atoms with van der Waals surface area (Å²) >= 11 is 0. The third kappa shape index (κ3) is 3.72. The van der Waals surface area contributed by atoms with Crippen LogP contribution in [0.5, 0.6) is 11.5 Å². The lowest BCUT2D eigenvalue weighted by Crippen LogP contribution is -1.96. The van der Waals surface area contributed by atoms with E-state index in [-0.39, 0.29) is 5.78 Å². The van der Waals surface area contributed by atoms with E-state index in [0.717, 1.165) is 22.6 Å². The normalized spacial score (nSPS) is 10.7. The summed E-state index contributed by atoms with van der Waals surface area (Å²) in [6, 6.07) is 13.7. The van der Waals surface area contributed by atoms with Gasteiger partial charge in [-0.05, 0) is 54.3 Å². The summed E-state index contributed by atoms with van der Waals surface area (Å²) < 4.78 is 5.96. The predicted octanol–water partition coefficient (Wildman–Crippen LogP) is 5.50. The van der Waals surface area contributed by atoms with Crippen LogP contribution in [0, 0.1) is 6.92 Å². The van der Waals surface area contributed by atoms with E-state index in [2.05, 4.69) is 32.0 Å². The molecule has 2 nitrogen and oxygen atoms in total. The van der Waals surface area contributed by atoms with Gasteiger partial charge in [0.1, 0.15) is 11.5 Å². The van der Waals surface area contributed by atoms with Gasteiger partial charge in [-0.3, -0.25) is 4.79 Å². The first-order valence-corrected chi connectivity index (χ1v) is 7.43. The highest BCUT2D eigenvalue weighted by atomic mass is 16.5. The Morgan fingerprint density at radius 2 is 1.76 bits per heavy atom. The molecule has 2 rings (SSSR count). The van der Waals surface area contributed by atoms with Crippen molar-refractivity contribution in [2.45, 2.75) is 40.0 Å². The Bertz CT molecular complexity index is 625. The number of ether oxygens (including phenoxy) is 1. The summed E-state index contributed by atoms with van der Waals surface area (Å²) in [5, 5.41) is 0. The lowest BCUT2D eigenvalue weighted by Gasteiger charge is -2.12. The molecule has 110 valence electrons. The number of hydrogen-bond donors (Lipinski definition) is 0. The fourth-order valence-electron chi connectivity index (χ4n) is 2.13. The molecule has 0 atom stereocenters. The van der Waals surface area contributed by atoms with Crippen molar-refractivity contribution in [3.8, 4) is 11.5 Å². The number of Topliss-reactive ketones (excluding diaryl/α,β-unsaturated/α-hetero) is 1. The molecule has 0 fully saturated rings. The van der Waals surface area contributed by atoms with Crippen LogP contribution in [0.2, 0.25) is 0 Å². The van der Waals surface area contributed by atoms with Gasteiger partial charge >= 0.3 is 0 Å². The largest absolute Gasteiger partial charge is 0.457 e. The van der Waals surface area contributed by atoms with Crippen molar-refractivity contribution < 1.29 is 9.53 Å². The summed E-state index contributed by atoms with van der Waals surface area (Å²) in [7, 11) is 0. The van der Waals surface area contributed by atoms with E-state index < -0.39 is 0 Å². The molecule has 0 aliphatic heterocycles. The third-order valence-corrected chi connectivity index (χ3v) is 3.60. The topological polar surface area (TPSA) is 26.3 Å². The molecule has 0 spiro atoms. The smallest absolute Gasteiger partial charge is 0.162 e. The highest BCUT2D eigenvalue weighted by molar-refractivity contribution is 5.95. The van der Waals surface area contributed by atoms with Crippen LogP contribution < -0.4 is 4.74 Å². The van der Waals surface area contributed by atoms with Gasteiger partial charge in [-0.1, -0.05) is 32.9 Å². The van der Waals surface area contributed by atoms with Crippen LogP contribution in [0.25, 0.3) is 0 Å². The lowest BCUT2D eigenvalue weighted by atomic mass is 10.0. The maximum atomic E-state index is 11.6. The molecule has 0 radical (unpaired) electrons. The number of hydrogen-bond acceptors (Lipinski definition) is 2. The molecule has 0 aromatic heterocycles. The van der Waals surface area contributed by atoms with Crippen molar-refractivity contribution in [3.63, 3.8) is 0 Å². The first-order chi connectivity index (χ1) is 10.0. The van der Waals surface area contributed by atoms with Gasteiger partial charge in [0.15, 0.2) is 5.78 Å². The zero-order valence-corrected chi connectivity index (χ0v) is 13.1. The SMILES string of the molecule is CCC(=O)c1ccc(Oc2cc(C(C)C)ccc2C)cc1. The van der Waals surface area contributed by atoms with E-state index in [0.29, 0.717) is 12.3 Å². The summed E-state index contributed by atoms with van der Waals surface area (Å²) in [6.07, 6.45) is 0.524. The Labute approximate surface area is 126 Å². The van der Waals surface area contributed by atoms with Crippen LogP contribution >= 0.6 is 0 Å². The minimum Gasteiger partial charge on any atom is -0.457 e. The molecule has 0 amide bonds. The molecule has 2 heteroatoms. The fourth-order valence-corrected chi connectivity index (χ4v) is 2.13. The van der Waals surface area contributed by atoms with Crippen molar-refractivity contribution in [2.24, 2.45) is 0 Å². The Morgan fingerprint density at radius 1 is 1.10 bits per heavy atom. The van der Waals surface area contributed by atoms with Crippen molar-refractivity contribution in [2.75, 3.05) is 0 Å². The van der Waals surface area contributed by atoms with E-state index in [1.807, 2.05) is 38.1 Å². The molecule has 0 bridgehead atoms. The van der Waals surface area contributed by atoms with Crippen molar-refractivity contribution in [1.29, 1.82) is 0 Å². The van der Waals surface area contributed by atoms with Crippen molar-refractivity contribution in [1.82, 2.24) is 0 Å². The summed E-state index contributed by atoms with van der Waals surface area (Å²) in [6.45, 7) is 8.24. The molecule has 0 saturated heterocycles. The van der Waals surface area contributed by atoms with E-state index in [4.69, 9.17) is 4.74 Å². The van der Waals surface area contributed by atoms with E-state index in [1.54, 1.807) is 0 Å². The van der Waals surface area contributed by atoms with Gasteiger partial charge in [0.25, 0.3) is 0 Å². The van der Waals surface area contributed by atoms with Gasteiger partial charge in [0.2, 0.25) is 0 Å². The van der Waals surface area contributed by atoms with Gasteiger partial charge in [-0.2, -0.15) is 0 Å². The molecule has 0 aliphatic carbocycles. The van der Waals surface area contributed by atoms with Crippen LogP contribution in [0.4, 0.5) is 0 Å². The molecular weight excluding hydrogens is 260 g/mol. The highest BCUT2D eigenvalue weighted by Crippen LogP contribution is 2.29. The Balaban J connectivity index is 2.22. The number of carbonyl (C=O) groups excluding carboxylic acids is 1. The monoisotopic (exact) mass is 282 g/mol. The number of benzene rings is 2. The summed E-state index contributed by atoms with van der Waals surface area (Å²) in [5.41, 5.74) is 3.10. The molecule has 21 heavy (non-hydrogen) atoms. The van der Waals surface area contributed by atoms with Gasteiger partial charge in [-0.25, -0.2) is 0 Å². The maximum Gasteiger partial charge on any atom is 0.162 e. The molecule has 2 aromatic carbocycles. The molecule has 0 heterocycles. The van der Waals surface area contributed by atoms with Crippen molar-refractivity contribution in [3.05, 3.63) is 59.2 Å². The van der Waals surface area contributed by atoms with E-state index >= 15 is 0 Å². The fraction of sp³-hybridized carbons (Fsp3) is 0.316. The van der Waals surface area contributed by atoms with Gasteiger partial charge in [-0.15, -0.1) is 0 Å². The van der Waals surface area contributed by atoms with Gasteiger partial charge < -0.3 is 4.74 Å². The average Bonchev–Trinajstić information content (AvgIpc) is 2.49. The maximum absolute atomic E-state index is 11.6. The Kier molecular flexibility index (Phi) is 4.79. The number of aryl methyl sites for hydroxylation is 1. The van der Waals surface area contributed by atoms with Crippen molar-refractivity contribution >= 4 is 5.78 Å². The standard InChI is InChI=1S/C19H22O2/c1-5-18(20)15-8-10-17(11-9-15)21-19-12-16(13(2)3)7-6-14(19)4/h6-13H,5H2,1-4H3. The minimum atomic E-state index is 0.152. The molecule has 0 N–H and O–H groups in total. The van der Waals surface area contributed by atoms with Crippen LogP contribution in [0.1, 0.15) is 54.6 Å². The Hall–Kier alpha value is -2.09. The quantitative estimate of drug-likeness (QED) is 0.676. The molecule has 0 saturated carbocycles. The average molecular weight is 282 g/mol. The first kappa shape index (κ1) is 15.3. The Morgan fingerprint density at radius 3 is 2.33 bits per heavy atom. The first-order valence-electron chi connectivity index (χ1n) is 7.43. The third-order valence-electron chi connectivity index (χ3n) is 3.60. The number of carbonyl (C=O) groups is 1. The van der Waals surface area contributed by atoms with Crippen LogP contribution in [-0.2, 0) is 0 Å². The summed E-state index contributed by atoms with van der Waals surface area (Å²) in [4.78, 5) is 11.6. The van der Waals surface area contributed by atoms with Crippen LogP contribution in [-0.4, -0.2) is 5.78 Å². The molecular formula is C19H22O2. The lowest BCUT2D eigenvalue weighted by molar-refractivity contribution is 0.0988. The van der Waals surface area contributed by atoms with E-state index in [9.17, 15) is 4.79 Å². The second-order valence-corrected chi connectivity index (χ2v) is 5.58. The van der Waals surface area contributed by atoms with Gasteiger partial charge in [0.05, 0.1) is 0 Å². The predicted molar refractivity (Wildman–Crippen MR) is 86.4 cm³/mol. The minimum absolute atomic E-state index is 0.152. The second-order valence-electron chi connectivity index (χ2n) is 5.58. The second kappa shape index (κ2) is 6.57. The zero-order chi connectivity index (χ0) is 15.4. The zero-order valence-electron chi connectivity index (χ0n) is 13.1. The van der Waals surface area contributed by atoms with Crippen LogP contribution in [0.3, 0.4) is 0 Å². The van der Waals surface area contributed by atoms with Gasteiger partial charge in [0, 0.05) is 12.0 Å². The molecule has 0 unspecified atom stereocenters.